The molecule has 1 heterocycles. The van der Waals surface area contributed by atoms with Crippen LogP contribution in [-0.2, 0) is 0 Å². The Morgan fingerprint density at radius 2 is 2.00 bits per heavy atom. The molecule has 0 bridgehead atoms. The van der Waals surface area contributed by atoms with E-state index >= 15 is 0 Å². The maximum absolute atomic E-state index is 12.8. The fourth-order valence-corrected chi connectivity index (χ4v) is 3.68. The molecule has 0 aliphatic carbocycles. The lowest BCUT2D eigenvalue weighted by atomic mass is 10.2. The second kappa shape index (κ2) is 8.12. The van der Waals surface area contributed by atoms with Crippen LogP contribution in [0.4, 0.5) is 0 Å². The first-order valence-corrected chi connectivity index (χ1v) is 10.3. The average Bonchev–Trinajstić information content (AvgIpc) is 2.64. The van der Waals surface area contributed by atoms with Gasteiger partial charge in [0, 0.05) is 14.5 Å². The largest absolute Gasteiger partial charge is 0.503 e. The summed E-state index contributed by atoms with van der Waals surface area (Å²) in [6.45, 7) is 3.94. The number of aromatic nitrogens is 2. The van der Waals surface area contributed by atoms with Gasteiger partial charge in [-0.1, -0.05) is 15.9 Å². The Labute approximate surface area is 180 Å². The van der Waals surface area contributed by atoms with Crippen LogP contribution in [0.2, 0.25) is 0 Å². The van der Waals surface area contributed by atoms with Gasteiger partial charge in [0.2, 0.25) is 0 Å². The number of ether oxygens (including phenoxy) is 1. The van der Waals surface area contributed by atoms with Crippen molar-refractivity contribution in [3.05, 3.63) is 59.4 Å². The highest BCUT2D eigenvalue weighted by atomic mass is 79.9. The summed E-state index contributed by atoms with van der Waals surface area (Å²) in [5.74, 6) is 0.773. The Kier molecular flexibility index (Phi) is 6.02. The van der Waals surface area contributed by atoms with E-state index in [1.165, 1.54) is 10.9 Å². The van der Waals surface area contributed by atoms with Gasteiger partial charge in [-0.25, -0.2) is 4.98 Å². The Hall–Kier alpha value is -1.71. The van der Waals surface area contributed by atoms with E-state index in [4.69, 9.17) is 4.74 Å². The van der Waals surface area contributed by atoms with Crippen LogP contribution in [0, 0.1) is 6.92 Å². The molecule has 1 N–H and O–H groups in total. The second-order valence-corrected chi connectivity index (χ2v) is 8.06. The molecule has 0 spiro atoms. The SMILES string of the molecule is CCOc1cc(C=Nn2c(C)nc3ccc(Br)cc3c2=O)c(Br)c(Br)c1O. The Morgan fingerprint density at radius 3 is 2.70 bits per heavy atom. The predicted molar refractivity (Wildman–Crippen MR) is 116 cm³/mol. The Bertz CT molecular complexity index is 1130. The van der Waals surface area contributed by atoms with Gasteiger partial charge in [0.05, 0.1) is 28.2 Å². The first-order chi connectivity index (χ1) is 12.8. The molecule has 0 unspecified atom stereocenters. The van der Waals surface area contributed by atoms with Crippen molar-refractivity contribution in [3.63, 3.8) is 0 Å². The number of aromatic hydroxyl groups is 1. The number of halogens is 3. The smallest absolute Gasteiger partial charge is 0.282 e. The van der Waals surface area contributed by atoms with Crippen molar-refractivity contribution in [1.29, 1.82) is 0 Å². The zero-order valence-corrected chi connectivity index (χ0v) is 19.1. The van der Waals surface area contributed by atoms with Crippen LogP contribution in [0.5, 0.6) is 11.5 Å². The molecule has 140 valence electrons. The molecule has 2 aromatic carbocycles. The molecular formula is C18H14Br3N3O3. The summed E-state index contributed by atoms with van der Waals surface area (Å²) in [4.78, 5) is 17.2. The average molecular weight is 560 g/mol. The summed E-state index contributed by atoms with van der Waals surface area (Å²) in [5.41, 5.74) is 0.970. The summed E-state index contributed by atoms with van der Waals surface area (Å²) in [6, 6.07) is 6.98. The molecule has 0 fully saturated rings. The van der Waals surface area contributed by atoms with E-state index in [2.05, 4.69) is 57.9 Å². The number of hydrogen-bond acceptors (Lipinski definition) is 5. The lowest BCUT2D eigenvalue weighted by Crippen LogP contribution is -2.20. The molecular weight excluding hydrogens is 546 g/mol. The number of rotatable bonds is 4. The van der Waals surface area contributed by atoms with E-state index in [9.17, 15) is 9.90 Å². The minimum Gasteiger partial charge on any atom is -0.503 e. The highest BCUT2D eigenvalue weighted by molar-refractivity contribution is 9.13. The summed E-state index contributed by atoms with van der Waals surface area (Å²) in [5, 5.41) is 14.9. The molecule has 0 aliphatic heterocycles. The Morgan fingerprint density at radius 1 is 1.26 bits per heavy atom. The van der Waals surface area contributed by atoms with Gasteiger partial charge in [-0.15, -0.1) is 0 Å². The first kappa shape index (κ1) is 20.0. The van der Waals surface area contributed by atoms with Crippen molar-refractivity contribution in [2.24, 2.45) is 5.10 Å². The van der Waals surface area contributed by atoms with Crippen LogP contribution in [0.3, 0.4) is 0 Å². The van der Waals surface area contributed by atoms with Crippen molar-refractivity contribution in [3.8, 4) is 11.5 Å². The third-order valence-electron chi connectivity index (χ3n) is 3.76. The molecule has 0 aliphatic rings. The van der Waals surface area contributed by atoms with Crippen LogP contribution < -0.4 is 10.3 Å². The Balaban J connectivity index is 2.13. The van der Waals surface area contributed by atoms with E-state index < -0.39 is 0 Å². The van der Waals surface area contributed by atoms with Crippen LogP contribution >= 0.6 is 47.8 Å². The first-order valence-electron chi connectivity index (χ1n) is 7.90. The molecule has 0 radical (unpaired) electrons. The van der Waals surface area contributed by atoms with Gasteiger partial charge in [0.15, 0.2) is 11.5 Å². The maximum Gasteiger partial charge on any atom is 0.282 e. The minimum atomic E-state index is -0.269. The van der Waals surface area contributed by atoms with Crippen LogP contribution in [0.25, 0.3) is 10.9 Å². The number of benzene rings is 2. The number of hydrogen-bond donors (Lipinski definition) is 1. The van der Waals surface area contributed by atoms with Crippen LogP contribution in [-0.4, -0.2) is 27.6 Å². The maximum atomic E-state index is 12.8. The van der Waals surface area contributed by atoms with Gasteiger partial charge in [0.25, 0.3) is 5.56 Å². The van der Waals surface area contributed by atoms with Crippen molar-refractivity contribution >= 4 is 64.9 Å². The summed E-state index contributed by atoms with van der Waals surface area (Å²) >= 11 is 10.1. The van der Waals surface area contributed by atoms with E-state index in [-0.39, 0.29) is 11.3 Å². The van der Waals surface area contributed by atoms with Gasteiger partial charge >= 0.3 is 0 Å². The fourth-order valence-electron chi connectivity index (χ4n) is 2.49. The number of fused-ring (bicyclic) bond motifs is 1. The van der Waals surface area contributed by atoms with Gasteiger partial charge in [-0.05, 0) is 70.0 Å². The highest BCUT2D eigenvalue weighted by Crippen LogP contribution is 2.41. The number of nitrogens with zero attached hydrogens (tertiary/aromatic N) is 3. The topological polar surface area (TPSA) is 76.7 Å². The molecule has 0 saturated heterocycles. The van der Waals surface area contributed by atoms with Crippen molar-refractivity contribution < 1.29 is 9.84 Å². The zero-order valence-electron chi connectivity index (χ0n) is 14.3. The van der Waals surface area contributed by atoms with Gasteiger partial charge in [-0.2, -0.15) is 9.78 Å². The quantitative estimate of drug-likeness (QED) is 0.458. The third kappa shape index (κ3) is 3.95. The molecule has 3 rings (SSSR count). The monoisotopic (exact) mass is 557 g/mol. The van der Waals surface area contributed by atoms with Gasteiger partial charge in [0.1, 0.15) is 5.82 Å². The summed E-state index contributed by atoms with van der Waals surface area (Å²) < 4.78 is 8.50. The third-order valence-corrected chi connectivity index (χ3v) is 6.41. The lowest BCUT2D eigenvalue weighted by molar-refractivity contribution is 0.317. The summed E-state index contributed by atoms with van der Waals surface area (Å²) in [6.07, 6.45) is 1.51. The van der Waals surface area contributed by atoms with Crippen LogP contribution in [0.15, 0.2) is 47.6 Å². The predicted octanol–water partition coefficient (Wildman–Crippen LogP) is 4.98. The second-order valence-electron chi connectivity index (χ2n) is 5.56. The molecule has 0 saturated carbocycles. The van der Waals surface area contributed by atoms with Gasteiger partial charge < -0.3 is 9.84 Å². The van der Waals surface area contributed by atoms with E-state index in [1.54, 1.807) is 25.1 Å². The molecule has 9 heteroatoms. The van der Waals surface area contributed by atoms with E-state index in [0.29, 0.717) is 43.6 Å². The minimum absolute atomic E-state index is 0.00792. The molecule has 6 nitrogen and oxygen atoms in total. The summed E-state index contributed by atoms with van der Waals surface area (Å²) in [7, 11) is 0. The standard InChI is InChI=1S/C18H14Br3N3O3/c1-3-27-14-6-10(15(20)16(21)17(14)25)8-22-24-9(2)23-13-5-4-11(19)7-12(13)18(24)26/h4-8,25H,3H2,1-2H3. The molecule has 27 heavy (non-hydrogen) atoms. The normalized spacial score (nSPS) is 11.4. The lowest BCUT2D eigenvalue weighted by Gasteiger charge is -2.11. The van der Waals surface area contributed by atoms with E-state index in [1.807, 2.05) is 13.0 Å². The molecule has 0 amide bonds. The number of phenols is 1. The number of aryl methyl sites for hydroxylation is 1. The molecule has 1 aromatic heterocycles. The van der Waals surface area contributed by atoms with Gasteiger partial charge in [-0.3, -0.25) is 4.79 Å². The van der Waals surface area contributed by atoms with Crippen molar-refractivity contribution in [1.82, 2.24) is 9.66 Å². The van der Waals surface area contributed by atoms with Crippen molar-refractivity contribution in [2.45, 2.75) is 13.8 Å². The number of phenolic OH excluding ortho intramolecular Hbond substituents is 1. The zero-order chi connectivity index (χ0) is 19.7. The van der Waals surface area contributed by atoms with E-state index in [0.717, 1.165) is 4.47 Å². The van der Waals surface area contributed by atoms with Crippen LogP contribution in [0.1, 0.15) is 18.3 Å². The highest BCUT2D eigenvalue weighted by Gasteiger charge is 2.15. The molecule has 0 atom stereocenters. The fraction of sp³-hybridized carbons (Fsp3) is 0.167. The van der Waals surface area contributed by atoms with Crippen molar-refractivity contribution in [2.75, 3.05) is 6.61 Å². The molecule has 3 aromatic rings.